The topological polar surface area (TPSA) is 71.5 Å². The number of amides is 2. The highest BCUT2D eigenvalue weighted by Gasteiger charge is 2.57. The van der Waals surface area contributed by atoms with Crippen LogP contribution in [-0.4, -0.2) is 54.0 Å². The predicted octanol–water partition coefficient (Wildman–Crippen LogP) is 2.50. The number of ether oxygens (including phenoxy) is 1. The molecule has 0 radical (unpaired) electrons. The van der Waals surface area contributed by atoms with Crippen LogP contribution < -0.4 is 5.32 Å². The Morgan fingerprint density at radius 2 is 1.87 bits per heavy atom. The van der Waals surface area contributed by atoms with Crippen LogP contribution in [0.1, 0.15) is 48.9 Å². The van der Waals surface area contributed by atoms with Crippen LogP contribution in [-0.2, 0) is 9.53 Å². The average molecular weight is 410 g/mol. The Morgan fingerprint density at radius 1 is 1.13 bits per heavy atom. The van der Waals surface area contributed by atoms with Gasteiger partial charge in [0.2, 0.25) is 5.91 Å². The fourth-order valence-electron chi connectivity index (χ4n) is 7.71. The van der Waals surface area contributed by atoms with E-state index in [-0.39, 0.29) is 23.3 Å². The van der Waals surface area contributed by atoms with Gasteiger partial charge in [-0.1, -0.05) is 0 Å². The zero-order chi connectivity index (χ0) is 20.3. The molecule has 30 heavy (non-hydrogen) atoms. The van der Waals surface area contributed by atoms with E-state index < -0.39 is 0 Å². The zero-order valence-corrected chi connectivity index (χ0v) is 17.5. The van der Waals surface area contributed by atoms with Gasteiger partial charge in [-0.15, -0.1) is 0 Å². The molecule has 6 aliphatic rings. The summed E-state index contributed by atoms with van der Waals surface area (Å²) in [6.07, 6.45) is 10.8. The maximum absolute atomic E-state index is 13.7. The van der Waals surface area contributed by atoms with E-state index >= 15 is 0 Å². The zero-order valence-electron chi connectivity index (χ0n) is 17.5. The lowest BCUT2D eigenvalue weighted by Gasteiger charge is -2.56. The van der Waals surface area contributed by atoms with Gasteiger partial charge >= 0.3 is 0 Å². The Morgan fingerprint density at radius 3 is 2.53 bits per heavy atom. The SMILES string of the molecule is O=C(NC[C@@H]1CO[C@@H]2CN(C(=O)C34CC5CC(CC(C5)C3)C4)C[C@H]12)c1cccnc1. The number of hydrogen-bond acceptors (Lipinski definition) is 4. The number of hydrogen-bond donors (Lipinski definition) is 1. The molecule has 6 nitrogen and oxygen atoms in total. The van der Waals surface area contributed by atoms with Gasteiger partial charge in [0, 0.05) is 43.9 Å². The smallest absolute Gasteiger partial charge is 0.252 e. The Kier molecular flexibility index (Phi) is 4.41. The molecule has 6 fully saturated rings. The molecule has 1 N–H and O–H groups in total. The number of aromatic nitrogens is 1. The van der Waals surface area contributed by atoms with E-state index in [4.69, 9.17) is 4.74 Å². The number of carbonyl (C=O) groups is 2. The Labute approximate surface area is 177 Å². The molecule has 4 bridgehead atoms. The molecular formula is C24H31N3O3. The molecule has 0 spiro atoms. The van der Waals surface area contributed by atoms with Crippen molar-refractivity contribution in [2.75, 3.05) is 26.2 Å². The molecule has 6 heteroatoms. The Hall–Kier alpha value is -1.95. The van der Waals surface area contributed by atoms with E-state index in [0.29, 0.717) is 30.5 Å². The minimum absolute atomic E-state index is 0.0720. The van der Waals surface area contributed by atoms with Crippen LogP contribution in [0.25, 0.3) is 0 Å². The van der Waals surface area contributed by atoms with Crippen molar-refractivity contribution >= 4 is 11.8 Å². The number of carbonyl (C=O) groups excluding carboxylic acids is 2. The van der Waals surface area contributed by atoms with E-state index in [1.54, 1.807) is 24.5 Å². The lowest BCUT2D eigenvalue weighted by Crippen LogP contribution is -2.54. The molecule has 2 aliphatic heterocycles. The van der Waals surface area contributed by atoms with Gasteiger partial charge in [0.25, 0.3) is 5.91 Å². The summed E-state index contributed by atoms with van der Waals surface area (Å²) in [6, 6.07) is 3.55. The molecule has 2 saturated heterocycles. The van der Waals surface area contributed by atoms with Gasteiger partial charge in [-0.2, -0.15) is 0 Å². The maximum Gasteiger partial charge on any atom is 0.252 e. The van der Waals surface area contributed by atoms with Crippen molar-refractivity contribution in [3.05, 3.63) is 30.1 Å². The van der Waals surface area contributed by atoms with Gasteiger partial charge in [0.15, 0.2) is 0 Å². The van der Waals surface area contributed by atoms with Gasteiger partial charge in [0.05, 0.1) is 23.7 Å². The third-order valence-electron chi connectivity index (χ3n) is 8.67. The summed E-state index contributed by atoms with van der Waals surface area (Å²) in [7, 11) is 0. The molecule has 1 aromatic rings. The summed E-state index contributed by atoms with van der Waals surface area (Å²) in [5, 5.41) is 3.04. The van der Waals surface area contributed by atoms with Crippen molar-refractivity contribution in [3.63, 3.8) is 0 Å². The second-order valence-electron chi connectivity index (χ2n) is 10.7. The molecule has 3 atom stereocenters. The van der Waals surface area contributed by atoms with Crippen molar-refractivity contribution in [2.45, 2.75) is 44.6 Å². The van der Waals surface area contributed by atoms with Crippen molar-refractivity contribution in [1.82, 2.24) is 15.2 Å². The number of pyridine rings is 1. The fourth-order valence-corrected chi connectivity index (χ4v) is 7.71. The summed E-state index contributed by atoms with van der Waals surface area (Å²) < 4.78 is 6.07. The molecule has 7 rings (SSSR count). The van der Waals surface area contributed by atoms with Gasteiger partial charge in [-0.3, -0.25) is 14.6 Å². The van der Waals surface area contributed by atoms with Gasteiger partial charge < -0.3 is 15.0 Å². The number of rotatable bonds is 4. The maximum atomic E-state index is 13.7. The molecule has 3 heterocycles. The predicted molar refractivity (Wildman–Crippen MR) is 110 cm³/mol. The standard InChI is InChI=1S/C24H31N3O3/c28-22(18-2-1-3-25-10-18)26-11-19-14-30-21-13-27(12-20(19)21)23(29)24-7-15-4-16(8-24)6-17(5-15)9-24/h1-3,10,15-17,19-21H,4-9,11-14H2,(H,26,28)/t15?,16?,17?,19-,20-,21-,24?/m1/s1. The second-order valence-corrected chi connectivity index (χ2v) is 10.7. The van der Waals surface area contributed by atoms with E-state index in [1.807, 2.05) is 0 Å². The van der Waals surface area contributed by atoms with E-state index in [0.717, 1.165) is 50.1 Å². The summed E-state index contributed by atoms with van der Waals surface area (Å²) in [5.74, 6) is 3.28. The molecule has 0 aromatic carbocycles. The van der Waals surface area contributed by atoms with Gasteiger partial charge in [0.1, 0.15) is 0 Å². The minimum Gasteiger partial charge on any atom is -0.376 e. The lowest BCUT2D eigenvalue weighted by atomic mass is 9.49. The van der Waals surface area contributed by atoms with Crippen LogP contribution in [0.5, 0.6) is 0 Å². The first-order chi connectivity index (χ1) is 14.6. The fraction of sp³-hybridized carbons (Fsp3) is 0.708. The van der Waals surface area contributed by atoms with Crippen LogP contribution in [0.2, 0.25) is 0 Å². The first-order valence-electron chi connectivity index (χ1n) is 11.7. The second kappa shape index (κ2) is 7.04. The highest BCUT2D eigenvalue weighted by molar-refractivity contribution is 5.93. The molecular weight excluding hydrogens is 378 g/mol. The molecule has 2 amide bonds. The van der Waals surface area contributed by atoms with Crippen LogP contribution in [0.3, 0.4) is 0 Å². The van der Waals surface area contributed by atoms with Crippen LogP contribution in [0.15, 0.2) is 24.5 Å². The van der Waals surface area contributed by atoms with Crippen LogP contribution in [0, 0.1) is 35.0 Å². The first-order valence-corrected chi connectivity index (χ1v) is 11.7. The number of nitrogens with one attached hydrogen (secondary N) is 1. The third-order valence-corrected chi connectivity index (χ3v) is 8.67. The van der Waals surface area contributed by atoms with E-state index in [9.17, 15) is 9.59 Å². The highest BCUT2D eigenvalue weighted by atomic mass is 16.5. The summed E-state index contributed by atoms with van der Waals surface area (Å²) in [5.41, 5.74) is 0.509. The molecule has 160 valence electrons. The van der Waals surface area contributed by atoms with E-state index in [1.165, 1.54) is 19.3 Å². The number of nitrogens with zero attached hydrogens (tertiary/aromatic N) is 2. The Bertz CT molecular complexity index is 806. The van der Waals surface area contributed by atoms with Crippen molar-refractivity contribution in [2.24, 2.45) is 35.0 Å². The number of fused-ring (bicyclic) bond motifs is 1. The average Bonchev–Trinajstić information content (AvgIpc) is 3.32. The van der Waals surface area contributed by atoms with Crippen LogP contribution in [0.4, 0.5) is 0 Å². The van der Waals surface area contributed by atoms with E-state index in [2.05, 4.69) is 15.2 Å². The molecule has 0 unspecified atom stereocenters. The highest BCUT2D eigenvalue weighted by Crippen LogP contribution is 2.60. The Balaban J connectivity index is 1.09. The molecule has 1 aromatic heterocycles. The van der Waals surface area contributed by atoms with Gasteiger partial charge in [-0.25, -0.2) is 0 Å². The van der Waals surface area contributed by atoms with Crippen LogP contribution >= 0.6 is 0 Å². The first kappa shape index (κ1) is 18.8. The quantitative estimate of drug-likeness (QED) is 0.829. The van der Waals surface area contributed by atoms with Crippen molar-refractivity contribution in [3.8, 4) is 0 Å². The van der Waals surface area contributed by atoms with Crippen molar-refractivity contribution < 1.29 is 14.3 Å². The summed E-state index contributed by atoms with van der Waals surface area (Å²) >= 11 is 0. The van der Waals surface area contributed by atoms with Gasteiger partial charge in [-0.05, 0) is 68.4 Å². The lowest BCUT2D eigenvalue weighted by molar-refractivity contribution is -0.157. The number of likely N-dealkylation sites (tertiary alicyclic amines) is 1. The summed E-state index contributed by atoms with van der Waals surface area (Å²) in [4.78, 5) is 32.2. The largest absolute Gasteiger partial charge is 0.376 e. The monoisotopic (exact) mass is 409 g/mol. The van der Waals surface area contributed by atoms with Crippen molar-refractivity contribution in [1.29, 1.82) is 0 Å². The normalized spacial score (nSPS) is 41.1. The molecule has 4 saturated carbocycles. The summed E-state index contributed by atoms with van der Waals surface area (Å²) in [6.45, 7) is 2.79. The molecule has 4 aliphatic carbocycles. The third kappa shape index (κ3) is 3.06. The minimum atomic E-state index is -0.0916.